The van der Waals surface area contributed by atoms with Crippen LogP contribution in [0.25, 0.3) is 0 Å². The monoisotopic (exact) mass is 313 g/mol. The van der Waals surface area contributed by atoms with Gasteiger partial charge in [0.2, 0.25) is 0 Å². The molecule has 2 N–H and O–H groups in total. The van der Waals surface area contributed by atoms with Crippen LogP contribution in [-0.4, -0.2) is 46.6 Å². The van der Waals surface area contributed by atoms with Gasteiger partial charge in [0, 0.05) is 25.7 Å². The maximum atomic E-state index is 13.5. The van der Waals surface area contributed by atoms with E-state index in [2.05, 4.69) is 10.3 Å². The van der Waals surface area contributed by atoms with Gasteiger partial charge in [-0.05, 0) is 24.1 Å². The van der Waals surface area contributed by atoms with Crippen molar-refractivity contribution in [2.24, 2.45) is 5.92 Å². The van der Waals surface area contributed by atoms with Crippen LogP contribution in [-0.2, 0) is 13.0 Å². The summed E-state index contributed by atoms with van der Waals surface area (Å²) in [4.78, 5) is 17.5. The summed E-state index contributed by atoms with van der Waals surface area (Å²) in [5, 5.41) is 11.7. The van der Waals surface area contributed by atoms with Gasteiger partial charge in [-0.1, -0.05) is 6.92 Å². The molecule has 122 valence electrons. The van der Waals surface area contributed by atoms with Crippen molar-refractivity contribution in [3.8, 4) is 0 Å². The van der Waals surface area contributed by atoms with Crippen LogP contribution in [0.15, 0.2) is 18.3 Å². The van der Waals surface area contributed by atoms with Crippen molar-refractivity contribution in [2.75, 3.05) is 19.7 Å². The summed E-state index contributed by atoms with van der Waals surface area (Å²) in [5.41, 5.74) is 1.85. The molecule has 2 rings (SSSR count). The van der Waals surface area contributed by atoms with Crippen LogP contribution in [0.1, 0.15) is 24.6 Å². The number of aryl methyl sites for hydroxylation is 1. The van der Waals surface area contributed by atoms with Crippen LogP contribution in [0.2, 0.25) is 0 Å². The fraction of sp³-hybridized carbons (Fsp3) is 0.600. The zero-order valence-electron chi connectivity index (χ0n) is 12.6. The largest absolute Gasteiger partial charge is 0.396 e. The summed E-state index contributed by atoms with van der Waals surface area (Å²) < 4.78 is 27.0. The molecule has 2 heterocycles. The van der Waals surface area contributed by atoms with Crippen LogP contribution in [0.4, 0.5) is 13.6 Å². The number of carbonyl (C=O) groups is 1. The third-order valence-corrected chi connectivity index (χ3v) is 3.97. The topological polar surface area (TPSA) is 65.5 Å². The Morgan fingerprint density at radius 2 is 2.36 bits per heavy atom. The average Bonchev–Trinajstić information content (AvgIpc) is 2.52. The van der Waals surface area contributed by atoms with Crippen molar-refractivity contribution in [2.45, 2.75) is 32.2 Å². The van der Waals surface area contributed by atoms with Gasteiger partial charge in [-0.15, -0.1) is 0 Å². The van der Waals surface area contributed by atoms with Crippen molar-refractivity contribution >= 4 is 6.03 Å². The molecule has 1 unspecified atom stereocenters. The highest BCUT2D eigenvalue weighted by atomic mass is 19.3. The number of hydrogen-bond donors (Lipinski definition) is 2. The van der Waals surface area contributed by atoms with Crippen LogP contribution in [0.3, 0.4) is 0 Å². The predicted molar refractivity (Wildman–Crippen MR) is 77.6 cm³/mol. The van der Waals surface area contributed by atoms with Gasteiger partial charge >= 0.3 is 6.03 Å². The number of rotatable bonds is 4. The Kier molecular flexibility index (Phi) is 5.28. The lowest BCUT2D eigenvalue weighted by atomic mass is 9.94. The molecule has 0 aliphatic carbocycles. The minimum absolute atomic E-state index is 0.0161. The van der Waals surface area contributed by atoms with Crippen molar-refractivity contribution < 1.29 is 18.7 Å². The average molecular weight is 313 g/mol. The summed E-state index contributed by atoms with van der Waals surface area (Å²) in [7, 11) is 0. The molecule has 0 radical (unpaired) electrons. The molecular formula is C15H21F2N3O2. The van der Waals surface area contributed by atoms with Gasteiger partial charge in [0.1, 0.15) is 0 Å². The second kappa shape index (κ2) is 7.00. The summed E-state index contributed by atoms with van der Waals surface area (Å²) in [6.07, 6.45) is 2.14. The Balaban J connectivity index is 1.89. The Bertz CT molecular complexity index is 525. The number of aliphatic hydroxyl groups is 1. The number of aliphatic hydroxyl groups excluding tert-OH is 1. The van der Waals surface area contributed by atoms with E-state index in [1.807, 2.05) is 19.1 Å². The first-order chi connectivity index (χ1) is 10.5. The molecule has 1 aliphatic rings. The quantitative estimate of drug-likeness (QED) is 0.891. The minimum atomic E-state index is -2.91. The Morgan fingerprint density at radius 3 is 3.05 bits per heavy atom. The second-order valence-electron chi connectivity index (χ2n) is 5.50. The number of piperidine rings is 1. The maximum Gasteiger partial charge on any atom is 0.317 e. The first-order valence-electron chi connectivity index (χ1n) is 7.41. The molecule has 2 amide bonds. The number of likely N-dealkylation sites (tertiary alicyclic amines) is 1. The van der Waals surface area contributed by atoms with Crippen molar-refractivity contribution in [3.05, 3.63) is 29.6 Å². The molecule has 1 atom stereocenters. The highest BCUT2D eigenvalue weighted by Gasteiger charge is 2.44. The van der Waals surface area contributed by atoms with E-state index in [9.17, 15) is 13.6 Å². The van der Waals surface area contributed by atoms with Crippen LogP contribution < -0.4 is 5.32 Å². The van der Waals surface area contributed by atoms with Crippen molar-refractivity contribution in [3.63, 3.8) is 0 Å². The van der Waals surface area contributed by atoms with Crippen molar-refractivity contribution in [1.82, 2.24) is 15.2 Å². The smallest absolute Gasteiger partial charge is 0.317 e. The number of amides is 2. The lowest BCUT2D eigenvalue weighted by Gasteiger charge is -2.37. The Labute approximate surface area is 128 Å². The molecule has 1 aromatic heterocycles. The van der Waals surface area contributed by atoms with E-state index >= 15 is 0 Å². The van der Waals surface area contributed by atoms with E-state index < -0.39 is 30.9 Å². The van der Waals surface area contributed by atoms with E-state index in [1.54, 1.807) is 6.20 Å². The number of aromatic nitrogens is 1. The molecular weight excluding hydrogens is 292 g/mol. The second-order valence-corrected chi connectivity index (χ2v) is 5.50. The highest BCUT2D eigenvalue weighted by molar-refractivity contribution is 5.74. The minimum Gasteiger partial charge on any atom is -0.396 e. The molecule has 7 heteroatoms. The first kappa shape index (κ1) is 16.6. The molecule has 0 saturated carbocycles. The maximum absolute atomic E-state index is 13.5. The standard InChI is InChI=1S/C15H21F2N3O2/c1-2-11-3-5-18-13(7-11)8-19-14(22)20-6-4-15(16,17)12(9-20)10-21/h3,5,7,12,21H,2,4,6,8-10H2,1H3,(H,19,22). The zero-order valence-corrected chi connectivity index (χ0v) is 12.6. The van der Waals surface area contributed by atoms with E-state index in [1.165, 1.54) is 4.90 Å². The van der Waals surface area contributed by atoms with Crippen LogP contribution >= 0.6 is 0 Å². The Hall–Kier alpha value is -1.76. The molecule has 0 spiro atoms. The number of carbonyl (C=O) groups excluding carboxylic acids is 1. The summed E-state index contributed by atoms with van der Waals surface area (Å²) >= 11 is 0. The van der Waals surface area contributed by atoms with Crippen LogP contribution in [0, 0.1) is 5.92 Å². The van der Waals surface area contributed by atoms with Gasteiger partial charge in [-0.2, -0.15) is 0 Å². The number of nitrogens with one attached hydrogen (secondary N) is 1. The lowest BCUT2D eigenvalue weighted by molar-refractivity contribution is -0.112. The SMILES string of the molecule is CCc1ccnc(CNC(=O)N2CCC(F)(F)C(CO)C2)c1. The van der Waals surface area contributed by atoms with Gasteiger partial charge in [-0.25, -0.2) is 13.6 Å². The molecule has 22 heavy (non-hydrogen) atoms. The molecule has 1 aromatic rings. The van der Waals surface area contributed by atoms with Crippen LogP contribution in [0.5, 0.6) is 0 Å². The molecule has 0 aromatic carbocycles. The molecule has 5 nitrogen and oxygen atoms in total. The molecule has 1 aliphatic heterocycles. The predicted octanol–water partition coefficient (Wildman–Crippen LogP) is 1.80. The Morgan fingerprint density at radius 1 is 1.59 bits per heavy atom. The zero-order chi connectivity index (χ0) is 16.2. The summed E-state index contributed by atoms with van der Waals surface area (Å²) in [6.45, 7) is 1.50. The van der Waals surface area contributed by atoms with Gasteiger partial charge in [0.25, 0.3) is 5.92 Å². The number of halogens is 2. The fourth-order valence-electron chi connectivity index (χ4n) is 2.48. The van der Waals surface area contributed by atoms with E-state index in [-0.39, 0.29) is 19.6 Å². The van der Waals surface area contributed by atoms with Gasteiger partial charge in [0.05, 0.1) is 24.8 Å². The molecule has 0 bridgehead atoms. The number of nitrogens with zero attached hydrogens (tertiary/aromatic N) is 2. The third kappa shape index (κ3) is 3.91. The normalized spacial score (nSPS) is 20.7. The van der Waals surface area contributed by atoms with Gasteiger partial charge in [0.15, 0.2) is 0 Å². The third-order valence-electron chi connectivity index (χ3n) is 3.97. The number of pyridine rings is 1. The lowest BCUT2D eigenvalue weighted by Crippen LogP contribution is -2.53. The summed E-state index contributed by atoms with van der Waals surface area (Å²) in [6, 6.07) is 3.41. The fourth-order valence-corrected chi connectivity index (χ4v) is 2.48. The molecule has 1 fully saturated rings. The van der Waals surface area contributed by atoms with Crippen molar-refractivity contribution in [1.29, 1.82) is 0 Å². The first-order valence-corrected chi connectivity index (χ1v) is 7.41. The highest BCUT2D eigenvalue weighted by Crippen LogP contribution is 2.33. The summed E-state index contributed by atoms with van der Waals surface area (Å²) in [5.74, 6) is -4.11. The van der Waals surface area contributed by atoms with E-state index in [0.29, 0.717) is 0 Å². The number of alkyl halides is 2. The molecule has 1 saturated heterocycles. The van der Waals surface area contributed by atoms with Gasteiger partial charge in [-0.3, -0.25) is 4.98 Å². The van der Waals surface area contributed by atoms with Gasteiger partial charge < -0.3 is 15.3 Å². The number of hydrogen-bond acceptors (Lipinski definition) is 3. The number of urea groups is 1. The van der Waals surface area contributed by atoms with E-state index in [4.69, 9.17) is 5.11 Å². The van der Waals surface area contributed by atoms with E-state index in [0.717, 1.165) is 17.7 Å².